The maximum absolute atomic E-state index is 11.9. The van der Waals surface area contributed by atoms with Crippen LogP contribution in [0.5, 0.6) is 0 Å². The van der Waals surface area contributed by atoms with Crippen molar-refractivity contribution in [3.05, 3.63) is 29.8 Å². The Bertz CT molecular complexity index is 510. The van der Waals surface area contributed by atoms with E-state index in [1.807, 2.05) is 19.1 Å². The molecular weight excluding hydrogens is 220 g/mol. The maximum Gasteiger partial charge on any atom is 0.337 e. The molecule has 1 fully saturated rings. The van der Waals surface area contributed by atoms with E-state index in [1.54, 1.807) is 12.1 Å². The molecule has 1 aliphatic rings. The fraction of sp³-hybridized carbons (Fsp3) is 0.250. The van der Waals surface area contributed by atoms with E-state index in [9.17, 15) is 14.4 Å². The second-order valence-electron chi connectivity index (χ2n) is 3.93. The summed E-state index contributed by atoms with van der Waals surface area (Å²) in [4.78, 5) is 37.0. The SMILES string of the molecule is Cc1ccccc1N1C(=O)CC(=O)N(C)C1=O. The predicted octanol–water partition coefficient (Wildman–Crippen LogP) is 1.31. The van der Waals surface area contributed by atoms with E-state index in [2.05, 4.69) is 0 Å². The summed E-state index contributed by atoms with van der Waals surface area (Å²) in [5.74, 6) is -0.947. The van der Waals surface area contributed by atoms with E-state index in [1.165, 1.54) is 7.05 Å². The maximum atomic E-state index is 11.9. The number of carbonyl (C=O) groups excluding carboxylic acids is 3. The molecule has 5 heteroatoms. The van der Waals surface area contributed by atoms with Crippen molar-refractivity contribution in [1.29, 1.82) is 0 Å². The van der Waals surface area contributed by atoms with Crippen molar-refractivity contribution in [3.63, 3.8) is 0 Å². The number of rotatable bonds is 1. The van der Waals surface area contributed by atoms with Crippen molar-refractivity contribution in [2.24, 2.45) is 0 Å². The molecule has 0 aliphatic carbocycles. The molecule has 17 heavy (non-hydrogen) atoms. The first-order valence-corrected chi connectivity index (χ1v) is 5.21. The molecule has 1 aromatic carbocycles. The minimum absolute atomic E-state index is 0.267. The van der Waals surface area contributed by atoms with E-state index in [0.717, 1.165) is 15.4 Å². The van der Waals surface area contributed by atoms with Crippen molar-refractivity contribution in [2.45, 2.75) is 13.3 Å². The molecule has 1 aromatic rings. The molecule has 1 heterocycles. The number of anilines is 1. The molecule has 0 spiro atoms. The highest BCUT2D eigenvalue weighted by Crippen LogP contribution is 2.24. The summed E-state index contributed by atoms with van der Waals surface area (Å²) >= 11 is 0. The normalized spacial score (nSPS) is 16.7. The highest BCUT2D eigenvalue weighted by atomic mass is 16.2. The zero-order valence-electron chi connectivity index (χ0n) is 9.64. The van der Waals surface area contributed by atoms with Gasteiger partial charge in [-0.25, -0.2) is 9.69 Å². The molecule has 0 N–H and O–H groups in total. The summed E-state index contributed by atoms with van der Waals surface area (Å²) in [6, 6.07) is 6.48. The fourth-order valence-corrected chi connectivity index (χ4v) is 1.74. The third-order valence-electron chi connectivity index (χ3n) is 2.76. The van der Waals surface area contributed by atoms with Gasteiger partial charge in [-0.3, -0.25) is 14.5 Å². The molecule has 2 rings (SSSR count). The zero-order valence-corrected chi connectivity index (χ0v) is 9.64. The molecule has 0 bridgehead atoms. The number of aryl methyl sites for hydroxylation is 1. The Morgan fingerprint density at radius 1 is 1.06 bits per heavy atom. The lowest BCUT2D eigenvalue weighted by Crippen LogP contribution is -2.53. The first-order valence-electron chi connectivity index (χ1n) is 5.21. The van der Waals surface area contributed by atoms with Crippen molar-refractivity contribution < 1.29 is 14.4 Å². The zero-order chi connectivity index (χ0) is 12.6. The van der Waals surface area contributed by atoms with Gasteiger partial charge in [-0.05, 0) is 18.6 Å². The van der Waals surface area contributed by atoms with E-state index >= 15 is 0 Å². The standard InChI is InChI=1S/C12H12N2O3/c1-8-5-3-4-6-9(8)14-11(16)7-10(15)13(2)12(14)17/h3-6H,7H2,1-2H3. The summed E-state index contributed by atoms with van der Waals surface area (Å²) in [5.41, 5.74) is 1.35. The molecule has 4 amide bonds. The van der Waals surface area contributed by atoms with Crippen molar-refractivity contribution >= 4 is 23.5 Å². The number of carbonyl (C=O) groups is 3. The predicted molar refractivity (Wildman–Crippen MR) is 61.4 cm³/mol. The number of amides is 4. The minimum Gasteiger partial charge on any atom is -0.274 e. The largest absolute Gasteiger partial charge is 0.337 e. The molecular formula is C12H12N2O3. The number of para-hydroxylation sites is 1. The molecule has 0 aromatic heterocycles. The van der Waals surface area contributed by atoms with Gasteiger partial charge in [0, 0.05) is 7.05 Å². The number of hydrogen-bond acceptors (Lipinski definition) is 3. The van der Waals surface area contributed by atoms with Crippen LogP contribution in [0.4, 0.5) is 10.5 Å². The molecule has 0 saturated carbocycles. The van der Waals surface area contributed by atoms with Gasteiger partial charge in [0.05, 0.1) is 5.69 Å². The Labute approximate surface area is 98.6 Å². The third-order valence-corrected chi connectivity index (χ3v) is 2.76. The van der Waals surface area contributed by atoms with Gasteiger partial charge in [0.25, 0.3) is 0 Å². The Kier molecular flexibility index (Phi) is 2.67. The van der Waals surface area contributed by atoms with E-state index in [0.29, 0.717) is 5.69 Å². The number of barbiturate groups is 1. The number of benzene rings is 1. The van der Waals surface area contributed by atoms with Gasteiger partial charge in [0.1, 0.15) is 6.42 Å². The Balaban J connectivity index is 2.45. The van der Waals surface area contributed by atoms with Gasteiger partial charge in [0.15, 0.2) is 0 Å². The van der Waals surface area contributed by atoms with Gasteiger partial charge < -0.3 is 0 Å². The summed E-state index contributed by atoms with van der Waals surface area (Å²) in [6.07, 6.45) is -0.267. The van der Waals surface area contributed by atoms with Crippen LogP contribution in [0, 0.1) is 6.92 Å². The monoisotopic (exact) mass is 232 g/mol. The molecule has 88 valence electrons. The number of urea groups is 1. The molecule has 5 nitrogen and oxygen atoms in total. The van der Waals surface area contributed by atoms with Crippen LogP contribution in [0.15, 0.2) is 24.3 Å². The topological polar surface area (TPSA) is 57.7 Å². The fourth-order valence-electron chi connectivity index (χ4n) is 1.74. The minimum atomic E-state index is -0.597. The summed E-state index contributed by atoms with van der Waals surface area (Å²) in [6.45, 7) is 1.81. The Hall–Kier alpha value is -2.17. The first-order chi connectivity index (χ1) is 8.02. The van der Waals surface area contributed by atoms with Crippen LogP contribution in [0.3, 0.4) is 0 Å². The van der Waals surface area contributed by atoms with Gasteiger partial charge in [0.2, 0.25) is 11.8 Å². The van der Waals surface area contributed by atoms with E-state index in [4.69, 9.17) is 0 Å². The lowest BCUT2D eigenvalue weighted by atomic mass is 10.1. The van der Waals surface area contributed by atoms with E-state index < -0.39 is 17.8 Å². The molecule has 0 radical (unpaired) electrons. The number of hydrogen-bond donors (Lipinski definition) is 0. The number of nitrogens with zero attached hydrogens (tertiary/aromatic N) is 2. The van der Waals surface area contributed by atoms with Crippen molar-refractivity contribution in [1.82, 2.24) is 4.90 Å². The van der Waals surface area contributed by atoms with E-state index in [-0.39, 0.29) is 6.42 Å². The lowest BCUT2D eigenvalue weighted by Gasteiger charge is -2.31. The Morgan fingerprint density at radius 2 is 1.71 bits per heavy atom. The number of imide groups is 2. The summed E-state index contributed by atoms with van der Waals surface area (Å²) in [5, 5.41) is 0. The molecule has 0 unspecified atom stereocenters. The van der Waals surface area contributed by atoms with Crippen molar-refractivity contribution in [2.75, 3.05) is 11.9 Å². The molecule has 1 saturated heterocycles. The molecule has 1 aliphatic heterocycles. The van der Waals surface area contributed by atoms with Crippen LogP contribution in [-0.4, -0.2) is 29.8 Å². The quantitative estimate of drug-likeness (QED) is 0.686. The smallest absolute Gasteiger partial charge is 0.274 e. The average molecular weight is 232 g/mol. The van der Waals surface area contributed by atoms with Crippen LogP contribution >= 0.6 is 0 Å². The van der Waals surface area contributed by atoms with Crippen LogP contribution < -0.4 is 4.90 Å². The summed E-state index contributed by atoms with van der Waals surface area (Å²) < 4.78 is 0. The highest BCUT2D eigenvalue weighted by molar-refractivity contribution is 6.26. The van der Waals surface area contributed by atoms with Gasteiger partial charge in [-0.15, -0.1) is 0 Å². The second-order valence-corrected chi connectivity index (χ2v) is 3.93. The molecule has 0 atom stereocenters. The highest BCUT2D eigenvalue weighted by Gasteiger charge is 2.36. The first kappa shape index (κ1) is 11.3. The van der Waals surface area contributed by atoms with Gasteiger partial charge >= 0.3 is 6.03 Å². The van der Waals surface area contributed by atoms with Crippen molar-refractivity contribution in [3.8, 4) is 0 Å². The van der Waals surface area contributed by atoms with Crippen LogP contribution in [-0.2, 0) is 9.59 Å². The summed E-state index contributed by atoms with van der Waals surface area (Å²) in [7, 11) is 1.38. The average Bonchev–Trinajstić information content (AvgIpc) is 2.29. The van der Waals surface area contributed by atoms with Gasteiger partial charge in [-0.1, -0.05) is 18.2 Å². The van der Waals surface area contributed by atoms with Gasteiger partial charge in [-0.2, -0.15) is 0 Å². The van der Waals surface area contributed by atoms with Crippen LogP contribution in [0.2, 0.25) is 0 Å². The van der Waals surface area contributed by atoms with Crippen LogP contribution in [0.25, 0.3) is 0 Å². The second kappa shape index (κ2) is 4.01. The third kappa shape index (κ3) is 1.80. The lowest BCUT2D eigenvalue weighted by molar-refractivity contribution is -0.134. The van der Waals surface area contributed by atoms with Crippen LogP contribution in [0.1, 0.15) is 12.0 Å². The Morgan fingerprint density at radius 3 is 2.35 bits per heavy atom.